The smallest absolute Gasteiger partial charge is 0.274 e. The number of pyridine rings is 1. The van der Waals surface area contributed by atoms with Gasteiger partial charge in [0.25, 0.3) is 5.91 Å². The Bertz CT molecular complexity index is 682. The lowest BCUT2D eigenvalue weighted by Gasteiger charge is -2.19. The molecule has 23 heavy (non-hydrogen) atoms. The van der Waals surface area contributed by atoms with Crippen molar-refractivity contribution >= 4 is 17.3 Å². The molecule has 0 atom stereocenters. The van der Waals surface area contributed by atoms with E-state index < -0.39 is 0 Å². The normalized spacial score (nSPS) is 10.4. The van der Waals surface area contributed by atoms with Crippen molar-refractivity contribution in [2.24, 2.45) is 0 Å². The standard InChI is InChI=1S/C19H25N3O/c1-5-6-11-22(4)16-9-10-20-18(13-16)19(23)21-17-12-14(2)7-8-15(17)3/h7-10,12-13H,5-6,11H2,1-4H3,(H,21,23). The second kappa shape index (κ2) is 7.77. The van der Waals surface area contributed by atoms with Crippen molar-refractivity contribution in [3.8, 4) is 0 Å². The summed E-state index contributed by atoms with van der Waals surface area (Å²) in [5.74, 6) is -0.176. The van der Waals surface area contributed by atoms with E-state index in [2.05, 4.69) is 22.1 Å². The second-order valence-corrected chi connectivity index (χ2v) is 5.95. The summed E-state index contributed by atoms with van der Waals surface area (Å²) in [6.07, 6.45) is 3.97. The molecule has 0 aliphatic rings. The van der Waals surface area contributed by atoms with Crippen LogP contribution in [0.4, 0.5) is 11.4 Å². The van der Waals surface area contributed by atoms with Crippen molar-refractivity contribution in [2.45, 2.75) is 33.6 Å². The van der Waals surface area contributed by atoms with E-state index in [1.54, 1.807) is 6.20 Å². The molecule has 1 aromatic carbocycles. The van der Waals surface area contributed by atoms with Crippen LogP contribution in [-0.4, -0.2) is 24.5 Å². The molecule has 0 unspecified atom stereocenters. The Balaban J connectivity index is 2.15. The first-order valence-corrected chi connectivity index (χ1v) is 8.07. The lowest BCUT2D eigenvalue weighted by Crippen LogP contribution is -2.20. The number of aromatic nitrogens is 1. The van der Waals surface area contributed by atoms with Crippen molar-refractivity contribution < 1.29 is 4.79 Å². The molecule has 0 spiro atoms. The van der Waals surface area contributed by atoms with Crippen molar-refractivity contribution in [1.82, 2.24) is 4.98 Å². The maximum atomic E-state index is 12.5. The van der Waals surface area contributed by atoms with Crippen molar-refractivity contribution in [1.29, 1.82) is 0 Å². The van der Waals surface area contributed by atoms with Gasteiger partial charge >= 0.3 is 0 Å². The van der Waals surface area contributed by atoms with Crippen LogP contribution in [0, 0.1) is 13.8 Å². The third kappa shape index (κ3) is 4.55. The Labute approximate surface area is 138 Å². The zero-order valence-electron chi connectivity index (χ0n) is 14.4. The number of hydrogen-bond acceptors (Lipinski definition) is 3. The Morgan fingerprint density at radius 2 is 2.00 bits per heavy atom. The van der Waals surface area contributed by atoms with Gasteiger partial charge in [-0.25, -0.2) is 0 Å². The summed E-state index contributed by atoms with van der Waals surface area (Å²) >= 11 is 0. The fourth-order valence-corrected chi connectivity index (χ4v) is 2.36. The molecule has 2 rings (SSSR count). The third-order valence-electron chi connectivity index (χ3n) is 3.91. The number of unbranched alkanes of at least 4 members (excludes halogenated alkanes) is 1. The van der Waals surface area contributed by atoms with Gasteiger partial charge in [0.15, 0.2) is 0 Å². The summed E-state index contributed by atoms with van der Waals surface area (Å²) in [5, 5.41) is 2.96. The Morgan fingerprint density at radius 3 is 2.74 bits per heavy atom. The van der Waals surface area contributed by atoms with E-state index >= 15 is 0 Å². The van der Waals surface area contributed by atoms with E-state index in [4.69, 9.17) is 0 Å². The highest BCUT2D eigenvalue weighted by Crippen LogP contribution is 2.18. The van der Waals surface area contributed by atoms with E-state index in [1.165, 1.54) is 0 Å². The number of amides is 1. The molecule has 0 saturated carbocycles. The van der Waals surface area contributed by atoms with E-state index in [1.807, 2.05) is 51.2 Å². The molecule has 1 amide bonds. The fraction of sp³-hybridized carbons (Fsp3) is 0.368. The lowest BCUT2D eigenvalue weighted by atomic mass is 10.1. The first-order chi connectivity index (χ1) is 11.0. The molecule has 1 heterocycles. The van der Waals surface area contributed by atoms with Gasteiger partial charge in [0.05, 0.1) is 0 Å². The first-order valence-electron chi connectivity index (χ1n) is 8.07. The van der Waals surface area contributed by atoms with Crippen LogP contribution < -0.4 is 10.2 Å². The van der Waals surface area contributed by atoms with Crippen LogP contribution in [0.5, 0.6) is 0 Å². The van der Waals surface area contributed by atoms with Crippen molar-refractivity contribution in [3.63, 3.8) is 0 Å². The maximum Gasteiger partial charge on any atom is 0.274 e. The van der Waals surface area contributed by atoms with Gasteiger partial charge in [-0.15, -0.1) is 0 Å². The van der Waals surface area contributed by atoms with Gasteiger partial charge in [-0.1, -0.05) is 25.5 Å². The molecule has 4 heteroatoms. The molecule has 2 aromatic rings. The van der Waals surface area contributed by atoms with Crippen LogP contribution in [0.1, 0.15) is 41.4 Å². The zero-order valence-corrected chi connectivity index (χ0v) is 14.4. The molecule has 0 fully saturated rings. The molecular formula is C19H25N3O. The summed E-state index contributed by atoms with van der Waals surface area (Å²) in [5.41, 5.74) is 4.44. The van der Waals surface area contributed by atoms with E-state index in [0.29, 0.717) is 5.69 Å². The summed E-state index contributed by atoms with van der Waals surface area (Å²) in [7, 11) is 2.04. The van der Waals surface area contributed by atoms with Gasteiger partial charge in [0.2, 0.25) is 0 Å². The highest BCUT2D eigenvalue weighted by molar-refractivity contribution is 6.03. The van der Waals surface area contributed by atoms with Crippen molar-refractivity contribution in [2.75, 3.05) is 23.8 Å². The molecular weight excluding hydrogens is 286 g/mol. The average Bonchev–Trinajstić information content (AvgIpc) is 2.56. The van der Waals surface area contributed by atoms with Crippen LogP contribution in [0.2, 0.25) is 0 Å². The molecule has 4 nitrogen and oxygen atoms in total. The number of benzene rings is 1. The molecule has 1 aromatic heterocycles. The molecule has 122 valence electrons. The average molecular weight is 311 g/mol. The number of anilines is 2. The third-order valence-corrected chi connectivity index (χ3v) is 3.91. The highest BCUT2D eigenvalue weighted by atomic mass is 16.1. The predicted molar refractivity (Wildman–Crippen MR) is 96.3 cm³/mol. The molecule has 0 saturated heterocycles. The van der Waals surface area contributed by atoms with Gasteiger partial charge in [0.1, 0.15) is 5.69 Å². The quantitative estimate of drug-likeness (QED) is 0.870. The number of aryl methyl sites for hydroxylation is 2. The first kappa shape index (κ1) is 17.0. The van der Waals surface area contributed by atoms with Crippen LogP contribution in [0.25, 0.3) is 0 Å². The van der Waals surface area contributed by atoms with Gasteiger partial charge in [-0.2, -0.15) is 0 Å². The predicted octanol–water partition coefficient (Wildman–Crippen LogP) is 4.19. The minimum atomic E-state index is -0.176. The summed E-state index contributed by atoms with van der Waals surface area (Å²) in [4.78, 5) is 18.8. The molecule has 0 bridgehead atoms. The Kier molecular flexibility index (Phi) is 5.74. The minimum absolute atomic E-state index is 0.176. The number of nitrogens with zero attached hydrogens (tertiary/aromatic N) is 2. The number of rotatable bonds is 6. The van der Waals surface area contributed by atoms with Crippen LogP contribution in [0.3, 0.4) is 0 Å². The molecule has 0 aliphatic heterocycles. The topological polar surface area (TPSA) is 45.2 Å². The van der Waals surface area contributed by atoms with E-state index in [9.17, 15) is 4.79 Å². The molecule has 0 radical (unpaired) electrons. The number of carbonyl (C=O) groups excluding carboxylic acids is 1. The van der Waals surface area contributed by atoms with Gasteiger partial charge in [-0.3, -0.25) is 9.78 Å². The van der Waals surface area contributed by atoms with Gasteiger partial charge in [0, 0.05) is 31.2 Å². The van der Waals surface area contributed by atoms with Crippen LogP contribution in [0.15, 0.2) is 36.5 Å². The number of carbonyl (C=O) groups is 1. The maximum absolute atomic E-state index is 12.5. The monoisotopic (exact) mass is 311 g/mol. The Morgan fingerprint density at radius 1 is 1.22 bits per heavy atom. The number of hydrogen-bond donors (Lipinski definition) is 1. The lowest BCUT2D eigenvalue weighted by molar-refractivity contribution is 0.102. The van der Waals surface area contributed by atoms with E-state index in [-0.39, 0.29) is 5.91 Å². The largest absolute Gasteiger partial charge is 0.374 e. The van der Waals surface area contributed by atoms with E-state index in [0.717, 1.165) is 41.9 Å². The summed E-state index contributed by atoms with van der Waals surface area (Å²) in [6, 6.07) is 9.80. The number of nitrogens with one attached hydrogen (secondary N) is 1. The Hall–Kier alpha value is -2.36. The van der Waals surface area contributed by atoms with Crippen LogP contribution >= 0.6 is 0 Å². The van der Waals surface area contributed by atoms with Crippen LogP contribution in [-0.2, 0) is 0 Å². The summed E-state index contributed by atoms with van der Waals surface area (Å²) < 4.78 is 0. The van der Waals surface area contributed by atoms with Gasteiger partial charge < -0.3 is 10.2 Å². The SMILES string of the molecule is CCCCN(C)c1ccnc(C(=O)Nc2cc(C)ccc2C)c1. The zero-order chi connectivity index (χ0) is 16.8. The minimum Gasteiger partial charge on any atom is -0.374 e. The summed E-state index contributed by atoms with van der Waals surface area (Å²) in [6.45, 7) is 7.14. The fourth-order valence-electron chi connectivity index (χ4n) is 2.36. The highest BCUT2D eigenvalue weighted by Gasteiger charge is 2.11. The van der Waals surface area contributed by atoms with Gasteiger partial charge in [-0.05, 0) is 49.6 Å². The molecule has 0 aliphatic carbocycles. The second-order valence-electron chi connectivity index (χ2n) is 5.95. The van der Waals surface area contributed by atoms with Crippen molar-refractivity contribution in [3.05, 3.63) is 53.3 Å². The molecule has 1 N–H and O–H groups in total.